The number of hydrogen-bond donors (Lipinski definition) is 4. The van der Waals surface area contributed by atoms with Crippen LogP contribution in [0.2, 0.25) is 0 Å². The first kappa shape index (κ1) is 20.3. The molecule has 0 aromatic heterocycles. The summed E-state index contributed by atoms with van der Waals surface area (Å²) in [6.45, 7) is 0.243. The third kappa shape index (κ3) is 5.76. The molecule has 0 bridgehead atoms. The van der Waals surface area contributed by atoms with Crippen LogP contribution >= 0.6 is 0 Å². The molecule has 0 aliphatic carbocycles. The quantitative estimate of drug-likeness (QED) is 0.304. The molecule has 0 fully saturated rings. The van der Waals surface area contributed by atoms with Crippen LogP contribution in [-0.2, 0) is 14.8 Å². The van der Waals surface area contributed by atoms with Crippen LogP contribution in [-0.4, -0.2) is 26.8 Å². The topological polar surface area (TPSA) is 148 Å². The zero-order valence-corrected chi connectivity index (χ0v) is 15.1. The van der Waals surface area contributed by atoms with E-state index in [4.69, 9.17) is 21.0 Å². The minimum absolute atomic E-state index is 0.0445. The van der Waals surface area contributed by atoms with Crippen LogP contribution in [0.25, 0.3) is 0 Å². The number of primary sulfonamides is 1. The molecule has 10 heteroatoms. The van der Waals surface area contributed by atoms with E-state index in [-0.39, 0.29) is 24.6 Å². The normalized spacial score (nSPS) is 11.0. The van der Waals surface area contributed by atoms with Crippen molar-refractivity contribution < 1.29 is 22.3 Å². The lowest BCUT2D eigenvalue weighted by Crippen LogP contribution is -2.17. The van der Waals surface area contributed by atoms with Crippen molar-refractivity contribution in [3.05, 3.63) is 53.8 Å². The molecule has 2 rings (SSSR count). The molecule has 8 nitrogen and oxygen atoms in total. The second-order valence-corrected chi connectivity index (χ2v) is 7.13. The Hall–Kier alpha value is -2.98. The van der Waals surface area contributed by atoms with Crippen LogP contribution in [0, 0.1) is 11.2 Å². The molecule has 6 N–H and O–H groups in total. The van der Waals surface area contributed by atoms with Crippen molar-refractivity contribution in [3.63, 3.8) is 0 Å². The van der Waals surface area contributed by atoms with E-state index in [2.05, 4.69) is 5.32 Å². The highest BCUT2D eigenvalue weighted by atomic mass is 32.2. The predicted molar refractivity (Wildman–Crippen MR) is 98.6 cm³/mol. The minimum atomic E-state index is -4.22. The molecule has 0 radical (unpaired) electrons. The van der Waals surface area contributed by atoms with E-state index in [1.165, 1.54) is 12.1 Å². The van der Waals surface area contributed by atoms with Gasteiger partial charge in [0, 0.05) is 12.0 Å². The number of rotatable bonds is 8. The average molecular weight is 394 g/mol. The third-order valence-corrected chi connectivity index (χ3v) is 4.45. The molecule has 0 atom stereocenters. The number of nitrogens with one attached hydrogen (secondary N) is 2. The Morgan fingerprint density at radius 1 is 1.19 bits per heavy atom. The van der Waals surface area contributed by atoms with Crippen molar-refractivity contribution >= 4 is 27.5 Å². The number of amidine groups is 1. The van der Waals surface area contributed by atoms with Crippen molar-refractivity contribution in [1.29, 1.82) is 5.41 Å². The number of amides is 1. The van der Waals surface area contributed by atoms with Crippen LogP contribution in [0.4, 0.5) is 10.1 Å². The summed E-state index contributed by atoms with van der Waals surface area (Å²) < 4.78 is 42.1. The van der Waals surface area contributed by atoms with Crippen molar-refractivity contribution in [1.82, 2.24) is 0 Å². The Kier molecular flexibility index (Phi) is 6.48. The Balaban J connectivity index is 1.84. The van der Waals surface area contributed by atoms with Gasteiger partial charge in [-0.25, -0.2) is 17.9 Å². The number of nitrogens with two attached hydrogens (primary N) is 2. The van der Waals surface area contributed by atoms with Crippen LogP contribution < -0.4 is 20.9 Å². The average Bonchev–Trinajstić information content (AvgIpc) is 2.60. The van der Waals surface area contributed by atoms with E-state index < -0.39 is 26.6 Å². The van der Waals surface area contributed by atoms with Gasteiger partial charge in [-0.2, -0.15) is 0 Å². The summed E-state index contributed by atoms with van der Waals surface area (Å²) in [5, 5.41) is 14.5. The zero-order valence-electron chi connectivity index (χ0n) is 14.2. The van der Waals surface area contributed by atoms with Gasteiger partial charge < -0.3 is 15.8 Å². The smallest absolute Gasteiger partial charge is 0.241 e. The van der Waals surface area contributed by atoms with E-state index in [1.54, 1.807) is 24.3 Å². The molecule has 0 spiro atoms. The number of halogens is 1. The van der Waals surface area contributed by atoms with Crippen LogP contribution in [0.15, 0.2) is 47.4 Å². The highest BCUT2D eigenvalue weighted by molar-refractivity contribution is 7.89. The summed E-state index contributed by atoms with van der Waals surface area (Å²) >= 11 is 0. The Morgan fingerprint density at radius 2 is 1.85 bits per heavy atom. The zero-order chi connectivity index (χ0) is 20.0. The number of carbonyl (C=O) groups is 1. The van der Waals surface area contributed by atoms with Gasteiger partial charge in [-0.05, 0) is 42.8 Å². The molecule has 27 heavy (non-hydrogen) atoms. The molecule has 0 saturated carbocycles. The molecular weight excluding hydrogens is 375 g/mol. The van der Waals surface area contributed by atoms with Gasteiger partial charge in [-0.1, -0.05) is 6.07 Å². The van der Waals surface area contributed by atoms with Gasteiger partial charge in [0.25, 0.3) is 0 Å². The van der Waals surface area contributed by atoms with E-state index in [0.29, 0.717) is 17.7 Å². The number of nitrogen functional groups attached to an aromatic ring is 1. The van der Waals surface area contributed by atoms with Crippen molar-refractivity contribution in [3.8, 4) is 5.75 Å². The molecule has 144 valence electrons. The molecule has 2 aromatic carbocycles. The number of anilines is 1. The SMILES string of the molecule is N=C(N)c1ccc(OCCCC(=O)Nc2cccc(S(N)(=O)=O)c2F)cc1. The van der Waals surface area contributed by atoms with Crippen molar-refractivity contribution in [2.75, 3.05) is 11.9 Å². The fourth-order valence-electron chi connectivity index (χ4n) is 2.19. The number of ether oxygens (including phenoxy) is 1. The predicted octanol–water partition coefficient (Wildman–Crippen LogP) is 1.55. The molecular formula is C17H19FN4O4S. The highest BCUT2D eigenvalue weighted by Crippen LogP contribution is 2.21. The Bertz CT molecular complexity index is 946. The maximum absolute atomic E-state index is 14.1. The molecule has 0 unspecified atom stereocenters. The van der Waals surface area contributed by atoms with Crippen LogP contribution in [0.3, 0.4) is 0 Å². The third-order valence-electron chi connectivity index (χ3n) is 3.53. The molecule has 1 amide bonds. The van der Waals surface area contributed by atoms with Gasteiger partial charge in [0.2, 0.25) is 15.9 Å². The van der Waals surface area contributed by atoms with Crippen molar-refractivity contribution in [2.45, 2.75) is 17.7 Å². The van der Waals surface area contributed by atoms with Crippen molar-refractivity contribution in [2.24, 2.45) is 10.9 Å². The maximum Gasteiger partial charge on any atom is 0.241 e. The first-order chi connectivity index (χ1) is 12.7. The first-order valence-electron chi connectivity index (χ1n) is 7.87. The largest absolute Gasteiger partial charge is 0.494 e. The molecule has 0 heterocycles. The lowest BCUT2D eigenvalue weighted by molar-refractivity contribution is -0.116. The molecule has 0 aliphatic heterocycles. The molecule has 0 saturated heterocycles. The van der Waals surface area contributed by atoms with E-state index in [1.807, 2.05) is 0 Å². The second kappa shape index (κ2) is 8.60. The fourth-order valence-corrected chi connectivity index (χ4v) is 2.82. The van der Waals surface area contributed by atoms with Gasteiger partial charge in [-0.3, -0.25) is 10.2 Å². The van der Waals surface area contributed by atoms with Gasteiger partial charge in [0.05, 0.1) is 12.3 Å². The maximum atomic E-state index is 14.1. The minimum Gasteiger partial charge on any atom is -0.494 e. The van der Waals surface area contributed by atoms with Gasteiger partial charge in [0.1, 0.15) is 16.5 Å². The van der Waals surface area contributed by atoms with Gasteiger partial charge in [-0.15, -0.1) is 0 Å². The summed E-state index contributed by atoms with van der Waals surface area (Å²) in [6.07, 6.45) is 0.404. The monoisotopic (exact) mass is 394 g/mol. The van der Waals surface area contributed by atoms with E-state index >= 15 is 0 Å². The second-order valence-electron chi connectivity index (χ2n) is 5.60. The number of carbonyl (C=O) groups excluding carboxylic acids is 1. The standard InChI is InChI=1S/C17H19FN4O4S/c18-16-13(3-1-4-14(16)27(21,24)25)22-15(23)5-2-10-26-12-8-6-11(7-9-12)17(19)20/h1,3-4,6-9H,2,5,10H2,(H3,19,20)(H,22,23)(H2,21,24,25). The van der Waals surface area contributed by atoms with E-state index in [9.17, 15) is 17.6 Å². The summed E-state index contributed by atoms with van der Waals surface area (Å²) in [7, 11) is -4.22. The van der Waals surface area contributed by atoms with Crippen LogP contribution in [0.5, 0.6) is 5.75 Å². The summed E-state index contributed by atoms with van der Waals surface area (Å²) in [5.74, 6) is -1.07. The fraction of sp³-hybridized carbons (Fsp3) is 0.176. The van der Waals surface area contributed by atoms with Gasteiger partial charge in [0.15, 0.2) is 5.82 Å². The number of benzene rings is 2. The highest BCUT2D eigenvalue weighted by Gasteiger charge is 2.18. The summed E-state index contributed by atoms with van der Waals surface area (Å²) in [4.78, 5) is 11.2. The van der Waals surface area contributed by atoms with Gasteiger partial charge >= 0.3 is 0 Å². The molecule has 0 aliphatic rings. The lowest BCUT2D eigenvalue weighted by atomic mass is 10.2. The molecule has 2 aromatic rings. The van der Waals surface area contributed by atoms with Crippen LogP contribution in [0.1, 0.15) is 18.4 Å². The summed E-state index contributed by atoms with van der Waals surface area (Å²) in [5.41, 5.74) is 5.67. The number of sulfonamides is 1. The number of hydrogen-bond acceptors (Lipinski definition) is 5. The first-order valence-corrected chi connectivity index (χ1v) is 9.41. The van der Waals surface area contributed by atoms with E-state index in [0.717, 1.165) is 6.07 Å². The Labute approximate surface area is 155 Å². The Morgan fingerprint density at radius 3 is 2.44 bits per heavy atom. The summed E-state index contributed by atoms with van der Waals surface area (Å²) in [6, 6.07) is 10.2. The lowest BCUT2D eigenvalue weighted by Gasteiger charge is -2.09.